The second-order valence-corrected chi connectivity index (χ2v) is 5.13. The molecule has 6 heteroatoms. The number of hydrogen-bond acceptors (Lipinski definition) is 5. The molecule has 0 spiro atoms. The van der Waals surface area contributed by atoms with Gasteiger partial charge in [-0.05, 0) is 32.9 Å². The van der Waals surface area contributed by atoms with Crippen LogP contribution in [-0.4, -0.2) is 36.3 Å². The number of carbonyl (C=O) groups is 1. The molecule has 20 heavy (non-hydrogen) atoms. The quantitative estimate of drug-likeness (QED) is 0.504. The van der Waals surface area contributed by atoms with Gasteiger partial charge >= 0.3 is 6.09 Å². The molecule has 1 amide bonds. The molecule has 1 aromatic rings. The van der Waals surface area contributed by atoms with Crippen LogP contribution in [0.25, 0.3) is 0 Å². The fourth-order valence-corrected chi connectivity index (χ4v) is 1.47. The lowest BCUT2D eigenvalue weighted by atomic mass is 10.1. The molecule has 0 fully saturated rings. The van der Waals surface area contributed by atoms with Crippen LogP contribution in [0, 0.1) is 0 Å². The number of alkyl carbamates (subject to hydrolysis) is 1. The minimum atomic E-state index is -0.573. The third-order valence-corrected chi connectivity index (χ3v) is 2.32. The van der Waals surface area contributed by atoms with Gasteiger partial charge in [0.05, 0.1) is 13.7 Å². The Kier molecular flexibility index (Phi) is 5.37. The van der Waals surface area contributed by atoms with Gasteiger partial charge in [-0.2, -0.15) is 0 Å². The van der Waals surface area contributed by atoms with Crippen molar-refractivity contribution in [3.8, 4) is 5.75 Å². The molecule has 6 nitrogen and oxygen atoms in total. The monoisotopic (exact) mass is 280 g/mol. The highest BCUT2D eigenvalue weighted by Gasteiger charge is 2.16. The van der Waals surface area contributed by atoms with Crippen molar-refractivity contribution < 1.29 is 19.5 Å². The molecule has 0 heterocycles. The first-order valence-corrected chi connectivity index (χ1v) is 6.18. The predicted molar refractivity (Wildman–Crippen MR) is 75.6 cm³/mol. The van der Waals surface area contributed by atoms with E-state index in [4.69, 9.17) is 14.7 Å². The van der Waals surface area contributed by atoms with E-state index in [2.05, 4.69) is 10.5 Å². The van der Waals surface area contributed by atoms with Crippen LogP contribution in [0.1, 0.15) is 26.3 Å². The van der Waals surface area contributed by atoms with Crippen LogP contribution in [0.15, 0.2) is 29.4 Å². The van der Waals surface area contributed by atoms with Crippen molar-refractivity contribution in [2.75, 3.05) is 13.7 Å². The van der Waals surface area contributed by atoms with Gasteiger partial charge < -0.3 is 20.0 Å². The number of rotatable bonds is 4. The molecule has 0 unspecified atom stereocenters. The Hall–Kier alpha value is -2.24. The third-order valence-electron chi connectivity index (χ3n) is 2.32. The Morgan fingerprint density at radius 3 is 2.65 bits per heavy atom. The Morgan fingerprint density at radius 2 is 2.10 bits per heavy atom. The van der Waals surface area contributed by atoms with E-state index in [0.29, 0.717) is 17.0 Å². The number of nitrogens with one attached hydrogen (secondary N) is 1. The normalized spacial score (nSPS) is 11.9. The number of benzene rings is 1. The molecule has 0 aliphatic rings. The number of oxime groups is 1. The number of amides is 1. The summed E-state index contributed by atoms with van der Waals surface area (Å²) < 4.78 is 10.2. The fourth-order valence-electron chi connectivity index (χ4n) is 1.47. The molecule has 0 atom stereocenters. The summed E-state index contributed by atoms with van der Waals surface area (Å²) in [7, 11) is 1.55. The number of hydrogen-bond donors (Lipinski definition) is 2. The molecule has 0 radical (unpaired) electrons. The first-order valence-electron chi connectivity index (χ1n) is 6.18. The lowest BCUT2D eigenvalue weighted by Crippen LogP contribution is -2.35. The minimum Gasteiger partial charge on any atom is -0.497 e. The van der Waals surface area contributed by atoms with Crippen LogP contribution in [-0.2, 0) is 4.74 Å². The van der Waals surface area contributed by atoms with E-state index in [-0.39, 0.29) is 6.54 Å². The molecular weight excluding hydrogens is 260 g/mol. The average molecular weight is 280 g/mol. The van der Waals surface area contributed by atoms with E-state index in [1.807, 2.05) is 0 Å². The summed E-state index contributed by atoms with van der Waals surface area (Å²) in [5, 5.41) is 14.8. The fraction of sp³-hybridized carbons (Fsp3) is 0.429. The molecule has 0 bridgehead atoms. The number of ether oxygens (including phenoxy) is 2. The van der Waals surface area contributed by atoms with Crippen molar-refractivity contribution in [1.82, 2.24) is 5.32 Å². The summed E-state index contributed by atoms with van der Waals surface area (Å²) in [6, 6.07) is 7.02. The van der Waals surface area contributed by atoms with Gasteiger partial charge in [0.15, 0.2) is 0 Å². The minimum absolute atomic E-state index is 0.0541. The van der Waals surface area contributed by atoms with Crippen molar-refractivity contribution in [3.05, 3.63) is 29.8 Å². The zero-order valence-electron chi connectivity index (χ0n) is 12.1. The SMILES string of the molecule is COc1cccc(C(CNC(=O)OC(C)(C)C)=NO)c1. The van der Waals surface area contributed by atoms with E-state index >= 15 is 0 Å². The molecule has 0 saturated carbocycles. The van der Waals surface area contributed by atoms with Gasteiger partial charge in [0.25, 0.3) is 0 Å². The molecule has 0 aliphatic heterocycles. The number of methoxy groups -OCH3 is 1. The van der Waals surface area contributed by atoms with Crippen molar-refractivity contribution >= 4 is 11.8 Å². The highest BCUT2D eigenvalue weighted by molar-refractivity contribution is 6.03. The van der Waals surface area contributed by atoms with Gasteiger partial charge in [-0.1, -0.05) is 17.3 Å². The molecule has 2 N–H and O–H groups in total. The summed E-state index contributed by atoms with van der Waals surface area (Å²) in [6.07, 6.45) is -0.568. The summed E-state index contributed by atoms with van der Waals surface area (Å²) in [6.45, 7) is 5.37. The maximum atomic E-state index is 11.5. The molecule has 0 aliphatic carbocycles. The Labute approximate surface area is 118 Å². The van der Waals surface area contributed by atoms with E-state index in [1.54, 1.807) is 52.1 Å². The standard InChI is InChI=1S/C14H20N2O4/c1-14(2,3)20-13(17)15-9-12(16-18)10-6-5-7-11(8-10)19-4/h5-8,18H,9H2,1-4H3,(H,15,17). The van der Waals surface area contributed by atoms with Gasteiger partial charge in [-0.3, -0.25) is 0 Å². The highest BCUT2D eigenvalue weighted by atomic mass is 16.6. The summed E-state index contributed by atoms with van der Waals surface area (Å²) in [4.78, 5) is 11.5. The van der Waals surface area contributed by atoms with Crippen LogP contribution in [0.3, 0.4) is 0 Å². The average Bonchev–Trinajstić information content (AvgIpc) is 2.37. The molecule has 1 rings (SSSR count). The Bertz CT molecular complexity index is 492. The first kappa shape index (κ1) is 15.8. The summed E-state index contributed by atoms with van der Waals surface area (Å²) in [5.41, 5.74) is 0.397. The van der Waals surface area contributed by atoms with Gasteiger partial charge in [0, 0.05) is 5.56 Å². The van der Waals surface area contributed by atoms with E-state index in [0.717, 1.165) is 0 Å². The van der Waals surface area contributed by atoms with Crippen molar-refractivity contribution in [2.24, 2.45) is 5.16 Å². The van der Waals surface area contributed by atoms with Crippen LogP contribution < -0.4 is 10.1 Å². The van der Waals surface area contributed by atoms with Crippen molar-refractivity contribution in [1.29, 1.82) is 0 Å². The highest BCUT2D eigenvalue weighted by Crippen LogP contribution is 2.13. The van der Waals surface area contributed by atoms with Crippen LogP contribution in [0.2, 0.25) is 0 Å². The number of nitrogens with zero attached hydrogens (tertiary/aromatic N) is 1. The van der Waals surface area contributed by atoms with Gasteiger partial charge in [0.1, 0.15) is 17.1 Å². The van der Waals surface area contributed by atoms with E-state index in [1.165, 1.54) is 0 Å². The van der Waals surface area contributed by atoms with Gasteiger partial charge in [0.2, 0.25) is 0 Å². The summed E-state index contributed by atoms with van der Waals surface area (Å²) >= 11 is 0. The maximum Gasteiger partial charge on any atom is 0.407 e. The van der Waals surface area contributed by atoms with Crippen LogP contribution in [0.5, 0.6) is 5.75 Å². The molecule has 110 valence electrons. The van der Waals surface area contributed by atoms with Crippen LogP contribution in [0.4, 0.5) is 4.79 Å². The summed E-state index contributed by atoms with van der Waals surface area (Å²) in [5.74, 6) is 0.640. The lowest BCUT2D eigenvalue weighted by molar-refractivity contribution is 0.0536. The van der Waals surface area contributed by atoms with E-state index < -0.39 is 11.7 Å². The maximum absolute atomic E-state index is 11.5. The Balaban J connectivity index is 2.67. The smallest absolute Gasteiger partial charge is 0.407 e. The first-order chi connectivity index (χ1) is 9.35. The largest absolute Gasteiger partial charge is 0.497 e. The molecule has 0 saturated heterocycles. The second kappa shape index (κ2) is 6.79. The lowest BCUT2D eigenvalue weighted by Gasteiger charge is -2.19. The second-order valence-electron chi connectivity index (χ2n) is 5.13. The van der Waals surface area contributed by atoms with Gasteiger partial charge in [-0.25, -0.2) is 4.79 Å². The number of carbonyl (C=O) groups excluding carboxylic acids is 1. The van der Waals surface area contributed by atoms with Crippen molar-refractivity contribution in [2.45, 2.75) is 26.4 Å². The third kappa shape index (κ3) is 5.17. The zero-order chi connectivity index (χ0) is 15.2. The molecule has 1 aromatic carbocycles. The topological polar surface area (TPSA) is 80.2 Å². The Morgan fingerprint density at radius 1 is 1.40 bits per heavy atom. The van der Waals surface area contributed by atoms with E-state index in [9.17, 15) is 4.79 Å². The van der Waals surface area contributed by atoms with Crippen LogP contribution >= 0.6 is 0 Å². The van der Waals surface area contributed by atoms with Crippen molar-refractivity contribution in [3.63, 3.8) is 0 Å². The molecule has 0 aromatic heterocycles. The predicted octanol–water partition coefficient (Wildman–Crippen LogP) is 2.40. The molecular formula is C14H20N2O4. The zero-order valence-corrected chi connectivity index (χ0v) is 12.1. The van der Waals surface area contributed by atoms with Gasteiger partial charge in [-0.15, -0.1) is 0 Å².